The molecule has 1 aromatic heterocycles. The van der Waals surface area contributed by atoms with Crippen LogP contribution in [-0.4, -0.2) is 29.3 Å². The monoisotopic (exact) mass is 271 g/mol. The molecule has 2 unspecified atom stereocenters. The molecule has 1 aliphatic rings. The van der Waals surface area contributed by atoms with Gasteiger partial charge >= 0.3 is 0 Å². The minimum absolute atomic E-state index is 0.147. The van der Waals surface area contributed by atoms with E-state index in [-0.39, 0.29) is 12.6 Å². The smallest absolute Gasteiger partial charge is 0.134 e. The number of aliphatic hydroxyl groups is 1. The van der Waals surface area contributed by atoms with Crippen molar-refractivity contribution in [3.05, 3.63) is 35.9 Å². The highest BCUT2D eigenvalue weighted by Gasteiger charge is 2.32. The van der Waals surface area contributed by atoms with Crippen molar-refractivity contribution in [3.8, 4) is 0 Å². The van der Waals surface area contributed by atoms with Crippen molar-refractivity contribution in [2.24, 2.45) is 11.7 Å². The minimum atomic E-state index is 0.147. The number of hydrogen-bond acceptors (Lipinski definition) is 4. The van der Waals surface area contributed by atoms with Crippen LogP contribution in [0.15, 0.2) is 30.3 Å². The fourth-order valence-electron chi connectivity index (χ4n) is 3.10. The largest absolute Gasteiger partial charge is 0.394 e. The molecule has 0 aliphatic carbocycles. The second-order valence-electron chi connectivity index (χ2n) is 5.58. The van der Waals surface area contributed by atoms with Gasteiger partial charge < -0.3 is 15.7 Å². The Bertz CT molecular complexity index is 614. The molecule has 1 fully saturated rings. The van der Waals surface area contributed by atoms with Gasteiger partial charge in [0.2, 0.25) is 0 Å². The number of para-hydroxylation sites is 1. The molecule has 4 heteroatoms. The van der Waals surface area contributed by atoms with Gasteiger partial charge in [-0.3, -0.25) is 0 Å². The van der Waals surface area contributed by atoms with Gasteiger partial charge in [0.05, 0.1) is 18.2 Å². The van der Waals surface area contributed by atoms with Crippen LogP contribution in [0.25, 0.3) is 10.9 Å². The third-order valence-corrected chi connectivity index (χ3v) is 4.34. The van der Waals surface area contributed by atoms with Crippen LogP contribution in [0.2, 0.25) is 0 Å². The van der Waals surface area contributed by atoms with E-state index in [2.05, 4.69) is 24.0 Å². The van der Waals surface area contributed by atoms with Crippen LogP contribution >= 0.6 is 0 Å². The Balaban J connectivity index is 2.10. The molecular formula is C16H21N3O. The van der Waals surface area contributed by atoms with Gasteiger partial charge in [-0.05, 0) is 24.5 Å². The number of aliphatic hydroxyl groups excluding tert-OH is 1. The zero-order chi connectivity index (χ0) is 14.1. The van der Waals surface area contributed by atoms with Crippen LogP contribution in [-0.2, 0) is 6.54 Å². The molecule has 3 N–H and O–H groups in total. The first-order valence-corrected chi connectivity index (χ1v) is 7.21. The van der Waals surface area contributed by atoms with Crippen LogP contribution in [0.5, 0.6) is 0 Å². The molecule has 106 valence electrons. The molecule has 0 amide bonds. The maximum Gasteiger partial charge on any atom is 0.134 e. The topological polar surface area (TPSA) is 62.4 Å². The number of aromatic nitrogens is 1. The molecule has 2 atom stereocenters. The lowest BCUT2D eigenvalue weighted by atomic mass is 10.0. The molecule has 0 spiro atoms. The van der Waals surface area contributed by atoms with Gasteiger partial charge in [0.1, 0.15) is 5.82 Å². The summed E-state index contributed by atoms with van der Waals surface area (Å²) in [5, 5.41) is 10.8. The summed E-state index contributed by atoms with van der Waals surface area (Å²) in [5.41, 5.74) is 7.94. The fraction of sp³-hybridized carbons (Fsp3) is 0.438. The van der Waals surface area contributed by atoms with E-state index in [9.17, 15) is 5.11 Å². The predicted octanol–water partition coefficient (Wildman–Crippen LogP) is 1.90. The Hall–Kier alpha value is -1.65. The van der Waals surface area contributed by atoms with E-state index >= 15 is 0 Å². The summed E-state index contributed by atoms with van der Waals surface area (Å²) in [6.45, 7) is 3.75. The van der Waals surface area contributed by atoms with E-state index in [1.54, 1.807) is 0 Å². The molecule has 1 aliphatic heterocycles. The molecular weight excluding hydrogens is 250 g/mol. The van der Waals surface area contributed by atoms with E-state index in [0.29, 0.717) is 12.5 Å². The van der Waals surface area contributed by atoms with E-state index in [4.69, 9.17) is 10.7 Å². The van der Waals surface area contributed by atoms with Gasteiger partial charge in [-0.15, -0.1) is 0 Å². The number of nitrogens with zero attached hydrogens (tertiary/aromatic N) is 2. The summed E-state index contributed by atoms with van der Waals surface area (Å²) in [4.78, 5) is 7.02. The molecule has 0 bridgehead atoms. The van der Waals surface area contributed by atoms with Crippen LogP contribution in [0.3, 0.4) is 0 Å². The lowest BCUT2D eigenvalue weighted by Gasteiger charge is -2.28. The normalized spacial score (nSPS) is 22.6. The van der Waals surface area contributed by atoms with Gasteiger partial charge in [-0.2, -0.15) is 0 Å². The Morgan fingerprint density at radius 3 is 2.95 bits per heavy atom. The van der Waals surface area contributed by atoms with Gasteiger partial charge in [0.25, 0.3) is 0 Å². The number of rotatable bonds is 3. The first-order chi connectivity index (χ1) is 9.74. The third-order valence-electron chi connectivity index (χ3n) is 4.34. The first-order valence-electron chi connectivity index (χ1n) is 7.21. The van der Waals surface area contributed by atoms with Crippen molar-refractivity contribution in [2.75, 3.05) is 18.1 Å². The quantitative estimate of drug-likeness (QED) is 0.895. The third kappa shape index (κ3) is 2.15. The predicted molar refractivity (Wildman–Crippen MR) is 81.6 cm³/mol. The first kappa shape index (κ1) is 13.3. The van der Waals surface area contributed by atoms with Crippen LogP contribution < -0.4 is 10.6 Å². The van der Waals surface area contributed by atoms with Crippen molar-refractivity contribution in [2.45, 2.75) is 25.9 Å². The van der Waals surface area contributed by atoms with Crippen molar-refractivity contribution < 1.29 is 5.11 Å². The number of anilines is 1. The summed E-state index contributed by atoms with van der Waals surface area (Å²) in [6.07, 6.45) is 1.09. The molecule has 1 saturated heterocycles. The van der Waals surface area contributed by atoms with Crippen LogP contribution in [0.4, 0.5) is 5.82 Å². The summed E-state index contributed by atoms with van der Waals surface area (Å²) in [7, 11) is 0. The van der Waals surface area contributed by atoms with Gasteiger partial charge in [0.15, 0.2) is 0 Å². The summed E-state index contributed by atoms with van der Waals surface area (Å²) in [6, 6.07) is 10.4. The highest BCUT2D eigenvalue weighted by molar-refractivity contribution is 5.82. The maximum absolute atomic E-state index is 9.64. The van der Waals surface area contributed by atoms with Gasteiger partial charge in [-0.25, -0.2) is 4.98 Å². The van der Waals surface area contributed by atoms with Crippen molar-refractivity contribution in [3.63, 3.8) is 0 Å². The van der Waals surface area contributed by atoms with Gasteiger partial charge in [0, 0.05) is 24.0 Å². The lowest BCUT2D eigenvalue weighted by Crippen LogP contribution is -2.36. The fourth-order valence-corrected chi connectivity index (χ4v) is 3.10. The maximum atomic E-state index is 9.64. The second-order valence-corrected chi connectivity index (χ2v) is 5.58. The molecule has 1 aromatic carbocycles. The molecule has 2 aromatic rings. The van der Waals surface area contributed by atoms with Gasteiger partial charge in [-0.1, -0.05) is 25.1 Å². The summed E-state index contributed by atoms with van der Waals surface area (Å²) >= 11 is 0. The zero-order valence-corrected chi connectivity index (χ0v) is 11.8. The minimum Gasteiger partial charge on any atom is -0.394 e. The highest BCUT2D eigenvalue weighted by atomic mass is 16.3. The lowest BCUT2D eigenvalue weighted by molar-refractivity contribution is 0.244. The standard InChI is InChI=1S/C16H21N3O/c1-11-6-7-19(15(11)10-20)16-13(9-17)8-12-4-2-3-5-14(12)18-16/h2-5,8,11,15,20H,6-7,9-10,17H2,1H3. The van der Waals surface area contributed by atoms with Crippen molar-refractivity contribution >= 4 is 16.7 Å². The number of hydrogen-bond donors (Lipinski definition) is 2. The number of benzene rings is 1. The Morgan fingerprint density at radius 1 is 1.40 bits per heavy atom. The van der Waals surface area contributed by atoms with E-state index < -0.39 is 0 Å². The molecule has 20 heavy (non-hydrogen) atoms. The molecule has 3 rings (SSSR count). The van der Waals surface area contributed by atoms with Crippen molar-refractivity contribution in [1.82, 2.24) is 4.98 Å². The summed E-state index contributed by atoms with van der Waals surface area (Å²) in [5.74, 6) is 1.42. The molecule has 0 saturated carbocycles. The second kappa shape index (κ2) is 5.38. The zero-order valence-electron chi connectivity index (χ0n) is 11.8. The SMILES string of the molecule is CC1CCN(c2nc3ccccc3cc2CN)C1CO. The van der Waals surface area contributed by atoms with Crippen LogP contribution in [0.1, 0.15) is 18.9 Å². The van der Waals surface area contributed by atoms with E-state index in [1.807, 2.05) is 18.2 Å². The van der Waals surface area contributed by atoms with Crippen LogP contribution in [0, 0.1) is 5.92 Å². The number of nitrogens with two attached hydrogens (primary N) is 1. The van der Waals surface area contributed by atoms with Crippen molar-refractivity contribution in [1.29, 1.82) is 0 Å². The van der Waals surface area contributed by atoms with E-state index in [0.717, 1.165) is 35.2 Å². The average molecular weight is 271 g/mol. The number of fused-ring (bicyclic) bond motifs is 1. The summed E-state index contributed by atoms with van der Waals surface area (Å²) < 4.78 is 0. The number of pyridine rings is 1. The Labute approximate surface area is 119 Å². The molecule has 4 nitrogen and oxygen atoms in total. The Morgan fingerprint density at radius 2 is 2.20 bits per heavy atom. The molecule has 0 radical (unpaired) electrons. The average Bonchev–Trinajstić information content (AvgIpc) is 2.86. The molecule has 2 heterocycles. The Kier molecular flexibility index (Phi) is 3.59. The highest BCUT2D eigenvalue weighted by Crippen LogP contribution is 2.32. The van der Waals surface area contributed by atoms with E-state index in [1.165, 1.54) is 0 Å².